The summed E-state index contributed by atoms with van der Waals surface area (Å²) in [6, 6.07) is 9.01. The number of nitrogens with one attached hydrogen (secondary N) is 1. The molecule has 0 radical (unpaired) electrons. The van der Waals surface area contributed by atoms with Crippen molar-refractivity contribution in [3.8, 4) is 5.75 Å². The Hall–Kier alpha value is -2.64. The van der Waals surface area contributed by atoms with Crippen LogP contribution in [0.25, 0.3) is 0 Å². The van der Waals surface area contributed by atoms with E-state index in [1.54, 1.807) is 0 Å². The Labute approximate surface area is 127 Å². The van der Waals surface area contributed by atoms with Gasteiger partial charge in [-0.05, 0) is 36.4 Å². The average molecular weight is 331 g/mol. The predicted octanol–water partition coefficient (Wildman–Crippen LogP) is 4.56. The number of rotatable bonds is 4. The molecule has 2 rings (SSSR count). The van der Waals surface area contributed by atoms with E-state index in [0.717, 1.165) is 24.3 Å². The minimum Gasteiger partial charge on any atom is -0.435 e. The first-order chi connectivity index (χ1) is 10.8. The standard InChI is InChI=1S/C15H10F5NO2/c16-14(17)23-12-6-1-3-9(7-12)13(22)21-11-5-2-4-10(8-11)15(18,19)20/h1-8,14H,(H,21,22). The van der Waals surface area contributed by atoms with Crippen LogP contribution in [0.3, 0.4) is 0 Å². The summed E-state index contributed by atoms with van der Waals surface area (Å²) in [5.74, 6) is -0.972. The van der Waals surface area contributed by atoms with Crippen LogP contribution in [-0.4, -0.2) is 12.5 Å². The third-order valence-corrected chi connectivity index (χ3v) is 2.77. The first-order valence-electron chi connectivity index (χ1n) is 6.29. The van der Waals surface area contributed by atoms with E-state index < -0.39 is 24.3 Å². The van der Waals surface area contributed by atoms with E-state index in [2.05, 4.69) is 10.1 Å². The molecule has 122 valence electrons. The molecule has 0 aliphatic carbocycles. The van der Waals surface area contributed by atoms with Gasteiger partial charge in [-0.2, -0.15) is 22.0 Å². The van der Waals surface area contributed by atoms with Crippen LogP contribution in [0, 0.1) is 0 Å². The number of amides is 1. The van der Waals surface area contributed by atoms with Crippen molar-refractivity contribution >= 4 is 11.6 Å². The van der Waals surface area contributed by atoms with Crippen LogP contribution >= 0.6 is 0 Å². The number of carbonyl (C=O) groups excluding carboxylic acids is 1. The second-order valence-electron chi connectivity index (χ2n) is 4.44. The van der Waals surface area contributed by atoms with Crippen molar-refractivity contribution in [3.63, 3.8) is 0 Å². The summed E-state index contributed by atoms with van der Waals surface area (Å²) >= 11 is 0. The molecular weight excluding hydrogens is 321 g/mol. The van der Waals surface area contributed by atoms with Gasteiger partial charge >= 0.3 is 12.8 Å². The van der Waals surface area contributed by atoms with Crippen molar-refractivity contribution in [1.29, 1.82) is 0 Å². The number of halogens is 5. The van der Waals surface area contributed by atoms with Gasteiger partial charge in [0.1, 0.15) is 5.75 Å². The molecule has 1 amide bonds. The zero-order valence-electron chi connectivity index (χ0n) is 11.4. The summed E-state index contributed by atoms with van der Waals surface area (Å²) in [6.45, 7) is -3.04. The highest BCUT2D eigenvalue weighted by atomic mass is 19.4. The van der Waals surface area contributed by atoms with Crippen LogP contribution in [0.4, 0.5) is 27.6 Å². The molecule has 8 heteroatoms. The molecule has 0 saturated carbocycles. The molecule has 0 bridgehead atoms. The van der Waals surface area contributed by atoms with E-state index in [-0.39, 0.29) is 17.0 Å². The maximum Gasteiger partial charge on any atom is 0.416 e. The number of hydrogen-bond acceptors (Lipinski definition) is 2. The minimum absolute atomic E-state index is 0.0273. The topological polar surface area (TPSA) is 38.3 Å². The van der Waals surface area contributed by atoms with E-state index in [1.807, 2.05) is 0 Å². The lowest BCUT2D eigenvalue weighted by atomic mass is 10.1. The Morgan fingerprint density at radius 1 is 1.04 bits per heavy atom. The van der Waals surface area contributed by atoms with E-state index in [4.69, 9.17) is 0 Å². The van der Waals surface area contributed by atoms with Gasteiger partial charge in [-0.25, -0.2) is 0 Å². The largest absolute Gasteiger partial charge is 0.435 e. The SMILES string of the molecule is O=C(Nc1cccc(C(F)(F)F)c1)c1cccc(OC(F)F)c1. The Balaban J connectivity index is 2.16. The fraction of sp³-hybridized carbons (Fsp3) is 0.133. The van der Waals surface area contributed by atoms with Crippen LogP contribution in [0.2, 0.25) is 0 Å². The molecular formula is C15H10F5NO2. The highest BCUT2D eigenvalue weighted by molar-refractivity contribution is 6.04. The molecule has 2 aromatic rings. The second-order valence-corrected chi connectivity index (χ2v) is 4.44. The van der Waals surface area contributed by atoms with Gasteiger partial charge in [0, 0.05) is 11.3 Å². The number of ether oxygens (including phenoxy) is 1. The molecule has 0 heterocycles. The molecule has 0 spiro atoms. The van der Waals surface area contributed by atoms with Crippen LogP contribution in [0.5, 0.6) is 5.75 Å². The van der Waals surface area contributed by atoms with Gasteiger partial charge in [0.25, 0.3) is 5.91 Å². The quantitative estimate of drug-likeness (QED) is 0.834. The summed E-state index contributed by atoms with van der Waals surface area (Å²) in [5, 5.41) is 2.27. The molecule has 0 saturated heterocycles. The van der Waals surface area contributed by atoms with Gasteiger partial charge in [-0.1, -0.05) is 12.1 Å². The lowest BCUT2D eigenvalue weighted by Gasteiger charge is -2.10. The lowest BCUT2D eigenvalue weighted by molar-refractivity contribution is -0.137. The summed E-state index contributed by atoms with van der Waals surface area (Å²) in [4.78, 5) is 12.0. The molecule has 2 aromatic carbocycles. The van der Waals surface area contributed by atoms with Crippen LogP contribution in [-0.2, 0) is 6.18 Å². The fourth-order valence-electron chi connectivity index (χ4n) is 1.79. The second kappa shape index (κ2) is 6.64. The van der Waals surface area contributed by atoms with Gasteiger partial charge in [-0.15, -0.1) is 0 Å². The van der Waals surface area contributed by atoms with Crippen LogP contribution in [0.1, 0.15) is 15.9 Å². The molecule has 0 unspecified atom stereocenters. The van der Waals surface area contributed by atoms with E-state index >= 15 is 0 Å². The predicted molar refractivity (Wildman–Crippen MR) is 72.5 cm³/mol. The van der Waals surface area contributed by atoms with Crippen LogP contribution in [0.15, 0.2) is 48.5 Å². The number of alkyl halides is 5. The molecule has 0 aromatic heterocycles. The maximum atomic E-state index is 12.6. The van der Waals surface area contributed by atoms with Gasteiger partial charge in [-0.3, -0.25) is 4.79 Å². The third kappa shape index (κ3) is 4.67. The van der Waals surface area contributed by atoms with Gasteiger partial charge < -0.3 is 10.1 Å². The van der Waals surface area contributed by atoms with Crippen molar-refractivity contribution in [2.75, 3.05) is 5.32 Å². The number of anilines is 1. The Morgan fingerprint density at radius 3 is 2.39 bits per heavy atom. The first kappa shape index (κ1) is 16.7. The third-order valence-electron chi connectivity index (χ3n) is 2.77. The fourth-order valence-corrected chi connectivity index (χ4v) is 1.79. The van der Waals surface area contributed by atoms with Crippen molar-refractivity contribution in [3.05, 3.63) is 59.7 Å². The Kier molecular flexibility index (Phi) is 4.83. The highest BCUT2D eigenvalue weighted by Gasteiger charge is 2.30. The zero-order valence-corrected chi connectivity index (χ0v) is 11.4. The Bertz CT molecular complexity index is 700. The lowest BCUT2D eigenvalue weighted by Crippen LogP contribution is -2.13. The van der Waals surface area contributed by atoms with E-state index in [0.29, 0.717) is 0 Å². The number of hydrogen-bond donors (Lipinski definition) is 1. The smallest absolute Gasteiger partial charge is 0.416 e. The van der Waals surface area contributed by atoms with Crippen molar-refractivity contribution < 1.29 is 31.5 Å². The van der Waals surface area contributed by atoms with E-state index in [1.165, 1.54) is 24.3 Å². The number of benzene rings is 2. The molecule has 0 atom stereocenters. The summed E-state index contributed by atoms with van der Waals surface area (Å²) in [5.41, 5.74) is -1.00. The monoisotopic (exact) mass is 331 g/mol. The van der Waals surface area contributed by atoms with Crippen molar-refractivity contribution in [1.82, 2.24) is 0 Å². The van der Waals surface area contributed by atoms with Crippen molar-refractivity contribution in [2.45, 2.75) is 12.8 Å². The normalized spacial score (nSPS) is 11.4. The molecule has 0 fully saturated rings. The zero-order chi connectivity index (χ0) is 17.0. The molecule has 0 aliphatic rings. The van der Waals surface area contributed by atoms with Gasteiger partial charge in [0.05, 0.1) is 5.56 Å². The molecule has 0 aliphatic heterocycles. The minimum atomic E-state index is -4.54. The molecule has 1 N–H and O–H groups in total. The Morgan fingerprint density at radius 2 is 1.74 bits per heavy atom. The summed E-state index contributed by atoms with van der Waals surface area (Å²) in [6.07, 6.45) is -4.54. The van der Waals surface area contributed by atoms with E-state index in [9.17, 15) is 26.7 Å². The first-order valence-corrected chi connectivity index (χ1v) is 6.29. The maximum absolute atomic E-state index is 12.6. The molecule has 23 heavy (non-hydrogen) atoms. The van der Waals surface area contributed by atoms with Gasteiger partial charge in [0.2, 0.25) is 0 Å². The van der Waals surface area contributed by atoms with Gasteiger partial charge in [0.15, 0.2) is 0 Å². The molecule has 3 nitrogen and oxygen atoms in total. The van der Waals surface area contributed by atoms with Crippen LogP contribution < -0.4 is 10.1 Å². The highest BCUT2D eigenvalue weighted by Crippen LogP contribution is 2.30. The number of carbonyl (C=O) groups is 1. The van der Waals surface area contributed by atoms with Crippen molar-refractivity contribution in [2.24, 2.45) is 0 Å². The summed E-state index contributed by atoms with van der Waals surface area (Å²) < 4.78 is 66.2. The summed E-state index contributed by atoms with van der Waals surface area (Å²) in [7, 11) is 0. The average Bonchev–Trinajstić information content (AvgIpc) is 2.46.